The third-order valence-electron chi connectivity index (χ3n) is 3.86. The van der Waals surface area contributed by atoms with E-state index in [1.165, 1.54) is 6.42 Å². The zero-order chi connectivity index (χ0) is 13.0. The van der Waals surface area contributed by atoms with Gasteiger partial charge in [0.25, 0.3) is 0 Å². The molecule has 0 bridgehead atoms. The summed E-state index contributed by atoms with van der Waals surface area (Å²) in [5.41, 5.74) is 0.898. The third-order valence-corrected chi connectivity index (χ3v) is 3.86. The molecule has 0 spiro atoms. The molecule has 2 rings (SSSR count). The number of carboxylic acids is 1. The van der Waals surface area contributed by atoms with E-state index in [1.807, 2.05) is 24.3 Å². The maximum atomic E-state index is 11.5. The minimum Gasteiger partial charge on any atom is -0.497 e. The van der Waals surface area contributed by atoms with Crippen LogP contribution < -0.4 is 4.74 Å². The van der Waals surface area contributed by atoms with Crippen LogP contribution in [0.3, 0.4) is 0 Å². The largest absolute Gasteiger partial charge is 0.497 e. The Balaban J connectivity index is 2.20. The Bertz CT molecular complexity index is 391. The number of ether oxygens (including phenoxy) is 1. The van der Waals surface area contributed by atoms with Crippen LogP contribution in [0.25, 0.3) is 0 Å². The molecule has 3 heteroatoms. The number of aliphatic carboxylic acids is 1. The number of methoxy groups -OCH3 is 1. The number of hydrogen-bond donors (Lipinski definition) is 1. The average molecular weight is 248 g/mol. The summed E-state index contributed by atoms with van der Waals surface area (Å²) < 4.78 is 5.11. The summed E-state index contributed by atoms with van der Waals surface area (Å²) in [5.74, 6) is -0.0144. The normalized spacial score (nSPS) is 18.3. The van der Waals surface area contributed by atoms with Crippen molar-refractivity contribution in [3.05, 3.63) is 29.8 Å². The van der Waals surface area contributed by atoms with Crippen LogP contribution in [-0.2, 0) is 4.79 Å². The van der Waals surface area contributed by atoms with Gasteiger partial charge in [0, 0.05) is 0 Å². The van der Waals surface area contributed by atoms with Crippen LogP contribution in [0.4, 0.5) is 0 Å². The molecule has 1 unspecified atom stereocenters. The van der Waals surface area contributed by atoms with Crippen molar-refractivity contribution in [2.75, 3.05) is 7.11 Å². The van der Waals surface area contributed by atoms with Crippen LogP contribution in [0, 0.1) is 5.92 Å². The van der Waals surface area contributed by atoms with Gasteiger partial charge < -0.3 is 9.84 Å². The number of rotatable bonds is 4. The summed E-state index contributed by atoms with van der Waals surface area (Å²) in [6, 6.07) is 7.45. The highest BCUT2D eigenvalue weighted by Crippen LogP contribution is 2.36. The molecule has 0 aromatic heterocycles. The van der Waals surface area contributed by atoms with Gasteiger partial charge in [0.1, 0.15) is 5.75 Å². The molecule has 1 N–H and O–H groups in total. The summed E-state index contributed by atoms with van der Waals surface area (Å²) in [5, 5.41) is 9.47. The van der Waals surface area contributed by atoms with Crippen LogP contribution >= 0.6 is 0 Å². The van der Waals surface area contributed by atoms with Crippen LogP contribution in [-0.4, -0.2) is 18.2 Å². The van der Waals surface area contributed by atoms with Gasteiger partial charge in [-0.15, -0.1) is 0 Å². The lowest BCUT2D eigenvalue weighted by molar-refractivity contribution is -0.140. The van der Waals surface area contributed by atoms with E-state index in [2.05, 4.69) is 0 Å². The molecule has 0 amide bonds. The van der Waals surface area contributed by atoms with Gasteiger partial charge in [-0.2, -0.15) is 0 Å². The van der Waals surface area contributed by atoms with Crippen molar-refractivity contribution in [3.63, 3.8) is 0 Å². The molecule has 3 nitrogen and oxygen atoms in total. The fraction of sp³-hybridized carbons (Fsp3) is 0.533. The van der Waals surface area contributed by atoms with Crippen molar-refractivity contribution in [1.29, 1.82) is 0 Å². The van der Waals surface area contributed by atoms with Crippen LogP contribution in [0.5, 0.6) is 5.75 Å². The van der Waals surface area contributed by atoms with Gasteiger partial charge in [0.05, 0.1) is 13.0 Å². The highest BCUT2D eigenvalue weighted by Gasteiger charge is 2.30. The van der Waals surface area contributed by atoms with E-state index < -0.39 is 5.97 Å². The minimum atomic E-state index is -0.702. The second-order valence-electron chi connectivity index (χ2n) is 4.99. The highest BCUT2D eigenvalue weighted by molar-refractivity contribution is 5.76. The maximum Gasteiger partial charge on any atom is 0.311 e. The Hall–Kier alpha value is -1.51. The van der Waals surface area contributed by atoms with Crippen molar-refractivity contribution in [1.82, 2.24) is 0 Å². The first-order chi connectivity index (χ1) is 8.72. The number of benzene rings is 1. The van der Waals surface area contributed by atoms with E-state index in [9.17, 15) is 9.90 Å². The lowest BCUT2D eigenvalue weighted by Crippen LogP contribution is -2.23. The first-order valence-corrected chi connectivity index (χ1v) is 6.59. The van der Waals surface area contributed by atoms with E-state index in [0.717, 1.165) is 37.0 Å². The molecular weight excluding hydrogens is 228 g/mol. The fourth-order valence-corrected chi connectivity index (χ4v) is 2.90. The molecule has 0 saturated heterocycles. The Morgan fingerprint density at radius 2 is 1.83 bits per heavy atom. The summed E-state index contributed by atoms with van der Waals surface area (Å²) in [7, 11) is 1.62. The zero-order valence-electron chi connectivity index (χ0n) is 10.8. The van der Waals surface area contributed by atoms with Gasteiger partial charge in [0.2, 0.25) is 0 Å². The lowest BCUT2D eigenvalue weighted by Gasteiger charge is -2.27. The molecule has 0 heterocycles. The Kier molecular flexibility index (Phi) is 4.24. The first kappa shape index (κ1) is 12.9. The molecule has 1 saturated carbocycles. The second kappa shape index (κ2) is 5.89. The van der Waals surface area contributed by atoms with Crippen LogP contribution in [0.1, 0.15) is 43.6 Å². The predicted molar refractivity (Wildman–Crippen MR) is 69.9 cm³/mol. The van der Waals surface area contributed by atoms with E-state index >= 15 is 0 Å². The zero-order valence-corrected chi connectivity index (χ0v) is 10.8. The molecule has 1 fully saturated rings. The summed E-state index contributed by atoms with van der Waals surface area (Å²) in [4.78, 5) is 11.5. The SMILES string of the molecule is COc1ccc(C(C(=O)O)C2CCCCC2)cc1. The average Bonchev–Trinajstić information content (AvgIpc) is 2.40. The van der Waals surface area contributed by atoms with Crippen LogP contribution in [0.15, 0.2) is 24.3 Å². The van der Waals surface area contributed by atoms with Gasteiger partial charge in [0.15, 0.2) is 0 Å². The van der Waals surface area contributed by atoms with Crippen molar-refractivity contribution in [3.8, 4) is 5.75 Å². The highest BCUT2D eigenvalue weighted by atomic mass is 16.5. The Labute approximate surface area is 108 Å². The fourth-order valence-electron chi connectivity index (χ4n) is 2.90. The third kappa shape index (κ3) is 2.84. The van der Waals surface area contributed by atoms with E-state index in [1.54, 1.807) is 7.11 Å². The molecule has 1 aromatic rings. The summed E-state index contributed by atoms with van der Waals surface area (Å²) in [6.07, 6.45) is 5.62. The van der Waals surface area contributed by atoms with E-state index in [-0.39, 0.29) is 11.8 Å². The van der Waals surface area contributed by atoms with E-state index in [4.69, 9.17) is 4.74 Å². The summed E-state index contributed by atoms with van der Waals surface area (Å²) >= 11 is 0. The number of hydrogen-bond acceptors (Lipinski definition) is 2. The van der Waals surface area contributed by atoms with Gasteiger partial charge in [-0.1, -0.05) is 31.4 Å². The standard InChI is InChI=1S/C15H20O3/c1-18-13-9-7-12(8-10-13)14(15(16)17)11-5-3-2-4-6-11/h7-11,14H,2-6H2,1H3,(H,16,17). The first-order valence-electron chi connectivity index (χ1n) is 6.59. The summed E-state index contributed by atoms with van der Waals surface area (Å²) in [6.45, 7) is 0. The maximum absolute atomic E-state index is 11.5. The quantitative estimate of drug-likeness (QED) is 0.887. The van der Waals surface area contributed by atoms with Crippen molar-refractivity contribution < 1.29 is 14.6 Å². The number of carboxylic acid groups (broad SMARTS) is 1. The minimum absolute atomic E-state index is 0.282. The van der Waals surface area contributed by atoms with E-state index in [0.29, 0.717) is 0 Å². The molecule has 0 aliphatic heterocycles. The van der Waals surface area contributed by atoms with Crippen LogP contribution in [0.2, 0.25) is 0 Å². The monoisotopic (exact) mass is 248 g/mol. The molecule has 18 heavy (non-hydrogen) atoms. The lowest BCUT2D eigenvalue weighted by atomic mass is 9.77. The Morgan fingerprint density at radius 1 is 1.22 bits per heavy atom. The van der Waals surface area contributed by atoms with Gasteiger partial charge in [-0.05, 0) is 36.5 Å². The van der Waals surface area contributed by atoms with Gasteiger partial charge >= 0.3 is 5.97 Å². The van der Waals surface area contributed by atoms with Crippen molar-refractivity contribution in [2.45, 2.75) is 38.0 Å². The van der Waals surface area contributed by atoms with Gasteiger partial charge in [-0.3, -0.25) is 4.79 Å². The number of carbonyl (C=O) groups is 1. The Morgan fingerprint density at radius 3 is 2.33 bits per heavy atom. The molecule has 98 valence electrons. The molecule has 1 aliphatic rings. The molecule has 1 atom stereocenters. The topological polar surface area (TPSA) is 46.5 Å². The smallest absolute Gasteiger partial charge is 0.311 e. The molecule has 1 aromatic carbocycles. The molecule has 0 radical (unpaired) electrons. The van der Waals surface area contributed by atoms with Crippen molar-refractivity contribution in [2.24, 2.45) is 5.92 Å². The molecule has 1 aliphatic carbocycles. The second-order valence-corrected chi connectivity index (χ2v) is 4.99. The van der Waals surface area contributed by atoms with Crippen molar-refractivity contribution >= 4 is 5.97 Å². The molecular formula is C15H20O3. The van der Waals surface area contributed by atoms with Gasteiger partial charge in [-0.25, -0.2) is 0 Å². The predicted octanol–water partition coefficient (Wildman–Crippen LogP) is 3.44.